The standard InChI is InChI=1S/C15H21NO2.HNO3/c1-9-7-11(17)8-10(2)12(9)13-14(3,4)15(5,6)16(13)18;2-1(3)4/h7-8,18H,1-6H3;(H,2,3,4)/p+1. The Morgan fingerprint density at radius 2 is 1.50 bits per heavy atom. The summed E-state index contributed by atoms with van der Waals surface area (Å²) in [6.07, 6.45) is 0. The zero-order chi connectivity index (χ0) is 17.5. The fraction of sp³-hybridized carbons (Fsp3) is 0.533. The number of rotatable bonds is 1. The summed E-state index contributed by atoms with van der Waals surface area (Å²) in [4.78, 5) is 8.36. The summed E-state index contributed by atoms with van der Waals surface area (Å²) in [6, 6.07) is 3.48. The largest absolute Gasteiger partial charge is 0.508 e. The molecule has 0 saturated heterocycles. The van der Waals surface area contributed by atoms with E-state index < -0.39 is 5.09 Å². The van der Waals surface area contributed by atoms with E-state index in [0.29, 0.717) is 0 Å². The molecule has 7 heteroatoms. The average Bonchev–Trinajstić information content (AvgIpc) is 2.31. The number of hydroxylamine groups is 1. The van der Waals surface area contributed by atoms with E-state index in [0.717, 1.165) is 22.4 Å². The average molecular weight is 311 g/mol. The molecule has 22 heavy (non-hydrogen) atoms. The number of hydrogen-bond donors (Lipinski definition) is 3. The highest BCUT2D eigenvalue weighted by atomic mass is 16.9. The number of hydrogen-bond acceptors (Lipinski definition) is 4. The Morgan fingerprint density at radius 3 is 1.82 bits per heavy atom. The second-order valence-electron chi connectivity index (χ2n) is 6.54. The van der Waals surface area contributed by atoms with Crippen LogP contribution >= 0.6 is 0 Å². The maximum atomic E-state index is 10.3. The van der Waals surface area contributed by atoms with E-state index in [4.69, 9.17) is 15.3 Å². The molecule has 0 aliphatic carbocycles. The first kappa shape index (κ1) is 17.7. The van der Waals surface area contributed by atoms with E-state index in [1.54, 1.807) is 12.1 Å². The SMILES string of the molecule is Cc1cc(O)cc(C)c1C1=[N+](O)C(C)(C)C1(C)C.O=[N+]([O-])O. The van der Waals surface area contributed by atoms with Crippen LogP contribution in [0.3, 0.4) is 0 Å². The minimum Gasteiger partial charge on any atom is -0.508 e. The van der Waals surface area contributed by atoms with Crippen LogP contribution in [0.4, 0.5) is 0 Å². The van der Waals surface area contributed by atoms with Crippen LogP contribution in [-0.2, 0) is 0 Å². The van der Waals surface area contributed by atoms with Crippen molar-refractivity contribution in [2.75, 3.05) is 0 Å². The summed E-state index contributed by atoms with van der Waals surface area (Å²) in [7, 11) is 0. The molecule has 1 aliphatic rings. The van der Waals surface area contributed by atoms with Crippen molar-refractivity contribution in [3.05, 3.63) is 38.9 Å². The predicted octanol–water partition coefficient (Wildman–Crippen LogP) is 2.67. The first-order valence-corrected chi connectivity index (χ1v) is 6.84. The van der Waals surface area contributed by atoms with Crippen molar-refractivity contribution in [2.24, 2.45) is 5.41 Å². The fourth-order valence-electron chi connectivity index (χ4n) is 2.78. The van der Waals surface area contributed by atoms with Crippen molar-refractivity contribution in [1.82, 2.24) is 0 Å². The minimum atomic E-state index is -1.50. The number of aryl methyl sites for hydroxylation is 2. The summed E-state index contributed by atoms with van der Waals surface area (Å²) in [5.74, 6) is 0.273. The molecule has 7 nitrogen and oxygen atoms in total. The molecular formula is C15H23N2O5+. The number of phenolic OH excluding ortho intramolecular Hbond substituents is 1. The lowest BCUT2D eigenvalue weighted by Crippen LogP contribution is -2.65. The van der Waals surface area contributed by atoms with Gasteiger partial charge >= 0.3 is 0 Å². The Bertz CT molecular complexity index is 620. The molecule has 1 aromatic rings. The van der Waals surface area contributed by atoms with Crippen LogP contribution < -0.4 is 0 Å². The monoisotopic (exact) mass is 311 g/mol. The number of phenols is 1. The molecule has 122 valence electrons. The van der Waals surface area contributed by atoms with Crippen molar-refractivity contribution in [1.29, 1.82) is 0 Å². The van der Waals surface area contributed by atoms with Gasteiger partial charge in [0.25, 0.3) is 5.09 Å². The summed E-state index contributed by atoms with van der Waals surface area (Å²) >= 11 is 0. The third kappa shape index (κ3) is 2.70. The van der Waals surface area contributed by atoms with Crippen LogP contribution in [0.5, 0.6) is 5.75 Å². The van der Waals surface area contributed by atoms with Gasteiger partial charge in [0, 0.05) is 13.8 Å². The molecule has 0 bridgehead atoms. The summed E-state index contributed by atoms with van der Waals surface area (Å²) < 4.78 is 1.36. The van der Waals surface area contributed by atoms with Gasteiger partial charge in [0.15, 0.2) is 0 Å². The van der Waals surface area contributed by atoms with Crippen LogP contribution in [0.25, 0.3) is 0 Å². The first-order valence-electron chi connectivity index (χ1n) is 6.84. The molecule has 0 unspecified atom stereocenters. The predicted molar refractivity (Wildman–Crippen MR) is 80.4 cm³/mol. The van der Waals surface area contributed by atoms with Gasteiger partial charge in [0.2, 0.25) is 11.3 Å². The molecule has 0 spiro atoms. The van der Waals surface area contributed by atoms with Crippen molar-refractivity contribution in [3.63, 3.8) is 0 Å². The molecule has 1 aromatic carbocycles. The molecule has 0 saturated carbocycles. The lowest BCUT2D eigenvalue weighted by atomic mass is 9.62. The topological polar surface area (TPSA) is 107 Å². The number of nitrogens with zero attached hydrogens (tertiary/aromatic N) is 2. The summed E-state index contributed by atoms with van der Waals surface area (Å²) in [5, 5.41) is 33.5. The third-order valence-electron chi connectivity index (χ3n) is 4.62. The molecule has 0 amide bonds. The minimum absolute atomic E-state index is 0.103. The van der Waals surface area contributed by atoms with E-state index >= 15 is 0 Å². The van der Waals surface area contributed by atoms with Gasteiger partial charge in [0.1, 0.15) is 11.2 Å². The van der Waals surface area contributed by atoms with Gasteiger partial charge in [-0.25, -0.2) is 0 Å². The van der Waals surface area contributed by atoms with E-state index in [-0.39, 0.29) is 16.7 Å². The first-order chi connectivity index (χ1) is 9.84. The zero-order valence-corrected chi connectivity index (χ0v) is 13.7. The van der Waals surface area contributed by atoms with Gasteiger partial charge in [0.05, 0.1) is 5.56 Å². The molecule has 1 aliphatic heterocycles. The highest BCUT2D eigenvalue weighted by Crippen LogP contribution is 2.46. The van der Waals surface area contributed by atoms with Crippen molar-refractivity contribution >= 4 is 5.71 Å². The van der Waals surface area contributed by atoms with E-state index in [1.807, 2.05) is 27.7 Å². The van der Waals surface area contributed by atoms with Crippen LogP contribution in [0.1, 0.15) is 44.4 Å². The van der Waals surface area contributed by atoms with Gasteiger partial charge < -0.3 is 10.3 Å². The Labute approximate surface area is 129 Å². The summed E-state index contributed by atoms with van der Waals surface area (Å²) in [5.41, 5.74) is 3.57. The van der Waals surface area contributed by atoms with E-state index in [1.165, 1.54) is 4.74 Å². The van der Waals surface area contributed by atoms with Crippen molar-refractivity contribution < 1.29 is 25.3 Å². The van der Waals surface area contributed by atoms with Gasteiger partial charge in [-0.05, 0) is 55.7 Å². The van der Waals surface area contributed by atoms with Gasteiger partial charge in [-0.3, -0.25) is 5.21 Å². The lowest BCUT2D eigenvalue weighted by molar-refractivity contribution is -0.855. The Hall–Kier alpha value is -2.31. The molecular weight excluding hydrogens is 288 g/mol. The van der Waals surface area contributed by atoms with Gasteiger partial charge in [-0.15, -0.1) is 10.1 Å². The lowest BCUT2D eigenvalue weighted by Gasteiger charge is -2.43. The third-order valence-corrected chi connectivity index (χ3v) is 4.62. The normalized spacial score (nSPS) is 18.1. The molecule has 0 radical (unpaired) electrons. The highest BCUT2D eigenvalue weighted by molar-refractivity contribution is 6.06. The maximum absolute atomic E-state index is 10.3. The highest BCUT2D eigenvalue weighted by Gasteiger charge is 2.65. The maximum Gasteiger partial charge on any atom is 0.291 e. The van der Waals surface area contributed by atoms with E-state index in [2.05, 4.69) is 13.8 Å². The molecule has 0 fully saturated rings. The zero-order valence-electron chi connectivity index (χ0n) is 13.7. The van der Waals surface area contributed by atoms with Crippen LogP contribution in [0.15, 0.2) is 12.1 Å². The fourth-order valence-corrected chi connectivity index (χ4v) is 2.78. The second-order valence-corrected chi connectivity index (χ2v) is 6.54. The Kier molecular flexibility index (Phi) is 4.41. The molecule has 0 aromatic heterocycles. The number of benzene rings is 1. The second kappa shape index (κ2) is 5.47. The van der Waals surface area contributed by atoms with E-state index in [9.17, 15) is 10.3 Å². The Balaban J connectivity index is 0.000000541. The smallest absolute Gasteiger partial charge is 0.291 e. The van der Waals surface area contributed by atoms with Crippen LogP contribution in [0.2, 0.25) is 0 Å². The van der Waals surface area contributed by atoms with Crippen LogP contribution in [-0.4, -0.2) is 36.6 Å². The van der Waals surface area contributed by atoms with Gasteiger partial charge in [-0.1, -0.05) is 0 Å². The van der Waals surface area contributed by atoms with Crippen molar-refractivity contribution in [3.8, 4) is 5.75 Å². The molecule has 1 heterocycles. The molecule has 3 N–H and O–H groups in total. The summed E-state index contributed by atoms with van der Waals surface area (Å²) in [6.45, 7) is 12.3. The number of aromatic hydroxyl groups is 1. The van der Waals surface area contributed by atoms with Crippen LogP contribution in [0, 0.1) is 29.4 Å². The molecule has 2 rings (SSSR count). The van der Waals surface area contributed by atoms with Crippen molar-refractivity contribution in [2.45, 2.75) is 47.1 Å². The Morgan fingerprint density at radius 1 is 1.14 bits per heavy atom. The molecule has 0 atom stereocenters. The van der Waals surface area contributed by atoms with Gasteiger partial charge in [-0.2, -0.15) is 0 Å². The quantitative estimate of drug-likeness (QED) is 0.320.